The van der Waals surface area contributed by atoms with E-state index in [1.807, 2.05) is 36.9 Å². The van der Waals surface area contributed by atoms with Crippen molar-refractivity contribution < 1.29 is 17.9 Å². The Morgan fingerprint density at radius 3 is 2.42 bits per heavy atom. The molecule has 8 heteroatoms. The number of piperazine rings is 1. The predicted molar refractivity (Wildman–Crippen MR) is 129 cm³/mol. The second-order valence-electron chi connectivity index (χ2n) is 8.71. The van der Waals surface area contributed by atoms with Crippen LogP contribution in [0.2, 0.25) is 0 Å². The van der Waals surface area contributed by atoms with E-state index in [1.165, 1.54) is 9.99 Å². The van der Waals surface area contributed by atoms with Crippen LogP contribution in [0, 0.1) is 12.8 Å². The second kappa shape index (κ2) is 10.1. The number of anilines is 1. The van der Waals surface area contributed by atoms with Crippen LogP contribution < -0.4 is 9.64 Å². The fourth-order valence-corrected chi connectivity index (χ4v) is 6.30. The first-order chi connectivity index (χ1) is 15.9. The molecule has 2 heterocycles. The lowest BCUT2D eigenvalue weighted by Crippen LogP contribution is -2.53. The molecule has 1 atom stereocenters. The number of carbonyl (C=O) groups is 1. The van der Waals surface area contributed by atoms with Crippen molar-refractivity contribution in [3.63, 3.8) is 0 Å². The first kappa shape index (κ1) is 23.6. The molecule has 2 aromatic carbocycles. The van der Waals surface area contributed by atoms with Crippen molar-refractivity contribution in [3.8, 4) is 5.75 Å². The predicted octanol–water partition coefficient (Wildman–Crippen LogP) is 3.14. The molecule has 33 heavy (non-hydrogen) atoms. The number of hydrogen-bond acceptors (Lipinski definition) is 5. The maximum atomic E-state index is 13.3. The minimum absolute atomic E-state index is 0.0745. The number of rotatable bonds is 6. The molecule has 0 radical (unpaired) electrons. The van der Waals surface area contributed by atoms with Crippen molar-refractivity contribution in [2.75, 3.05) is 50.8 Å². The molecule has 0 N–H and O–H groups in total. The quantitative estimate of drug-likeness (QED) is 0.647. The molecule has 4 rings (SSSR count). The van der Waals surface area contributed by atoms with Gasteiger partial charge >= 0.3 is 0 Å². The number of benzene rings is 2. The summed E-state index contributed by atoms with van der Waals surface area (Å²) in [6, 6.07) is 15.2. The van der Waals surface area contributed by atoms with Gasteiger partial charge in [-0.25, -0.2) is 8.42 Å². The Balaban J connectivity index is 1.40. The Hall–Kier alpha value is -2.58. The number of para-hydroxylation sites is 1. The lowest BCUT2D eigenvalue weighted by molar-refractivity contribution is -0.137. The van der Waals surface area contributed by atoms with Gasteiger partial charge in [0.1, 0.15) is 5.75 Å². The third-order valence-corrected chi connectivity index (χ3v) is 8.39. The van der Waals surface area contributed by atoms with Crippen LogP contribution >= 0.6 is 0 Å². The van der Waals surface area contributed by atoms with Crippen LogP contribution in [0.25, 0.3) is 0 Å². The summed E-state index contributed by atoms with van der Waals surface area (Å²) in [6.45, 7) is 7.86. The van der Waals surface area contributed by atoms with Crippen LogP contribution in [0.15, 0.2) is 53.4 Å². The van der Waals surface area contributed by atoms with E-state index in [2.05, 4.69) is 17.0 Å². The molecule has 0 saturated carbocycles. The van der Waals surface area contributed by atoms with Gasteiger partial charge < -0.3 is 14.5 Å². The highest BCUT2D eigenvalue weighted by Crippen LogP contribution is 2.28. The number of sulfonamides is 1. The first-order valence-electron chi connectivity index (χ1n) is 11.7. The van der Waals surface area contributed by atoms with E-state index in [0.29, 0.717) is 38.4 Å². The van der Waals surface area contributed by atoms with E-state index in [9.17, 15) is 13.2 Å². The van der Waals surface area contributed by atoms with Crippen molar-refractivity contribution in [2.24, 2.45) is 5.92 Å². The molecular weight excluding hydrogens is 438 g/mol. The molecule has 0 bridgehead atoms. The summed E-state index contributed by atoms with van der Waals surface area (Å²) >= 11 is 0. The van der Waals surface area contributed by atoms with Crippen LogP contribution in [0.5, 0.6) is 5.75 Å². The third kappa shape index (κ3) is 5.17. The number of amides is 1. The van der Waals surface area contributed by atoms with Crippen molar-refractivity contribution in [1.82, 2.24) is 9.21 Å². The fourth-order valence-electron chi connectivity index (χ4n) is 4.69. The topological polar surface area (TPSA) is 70.2 Å². The second-order valence-corrected chi connectivity index (χ2v) is 10.6. The third-order valence-electron chi connectivity index (χ3n) is 6.53. The van der Waals surface area contributed by atoms with Crippen LogP contribution in [0.3, 0.4) is 0 Å². The van der Waals surface area contributed by atoms with Gasteiger partial charge in [0, 0.05) is 45.0 Å². The number of carbonyl (C=O) groups excluding carboxylic acids is 1. The highest BCUT2D eigenvalue weighted by atomic mass is 32.2. The first-order valence-corrected chi connectivity index (χ1v) is 13.2. The summed E-state index contributed by atoms with van der Waals surface area (Å²) in [7, 11) is -3.66. The lowest BCUT2D eigenvalue weighted by Gasteiger charge is -2.39. The zero-order chi connectivity index (χ0) is 23.4. The molecule has 0 aliphatic carbocycles. The van der Waals surface area contributed by atoms with Crippen LogP contribution in [0.4, 0.5) is 5.69 Å². The molecule has 1 amide bonds. The van der Waals surface area contributed by atoms with Crippen LogP contribution in [-0.4, -0.2) is 69.4 Å². The van der Waals surface area contributed by atoms with Crippen molar-refractivity contribution in [2.45, 2.75) is 31.6 Å². The molecule has 2 aliphatic heterocycles. The Bertz CT molecular complexity index is 1070. The van der Waals surface area contributed by atoms with Gasteiger partial charge in [-0.15, -0.1) is 0 Å². The lowest BCUT2D eigenvalue weighted by atomic mass is 9.97. The Morgan fingerprint density at radius 2 is 1.76 bits per heavy atom. The number of ether oxygens (including phenoxy) is 1. The average molecular weight is 472 g/mol. The molecule has 0 aromatic heterocycles. The summed E-state index contributed by atoms with van der Waals surface area (Å²) in [5.41, 5.74) is 1.96. The molecule has 2 saturated heterocycles. The van der Waals surface area contributed by atoms with Crippen LogP contribution in [-0.2, 0) is 14.8 Å². The molecule has 2 aromatic rings. The number of hydrogen-bond donors (Lipinski definition) is 0. The molecule has 2 aliphatic rings. The van der Waals surface area contributed by atoms with E-state index in [-0.39, 0.29) is 23.3 Å². The van der Waals surface area contributed by atoms with Gasteiger partial charge in [0.15, 0.2) is 0 Å². The Labute approximate surface area is 197 Å². The van der Waals surface area contributed by atoms with Crippen molar-refractivity contribution in [3.05, 3.63) is 54.1 Å². The summed E-state index contributed by atoms with van der Waals surface area (Å²) in [5, 5.41) is 0. The maximum absolute atomic E-state index is 13.3. The largest absolute Gasteiger partial charge is 0.494 e. The summed E-state index contributed by atoms with van der Waals surface area (Å²) < 4.78 is 33.6. The normalized spacial score (nSPS) is 20.0. The minimum atomic E-state index is -3.66. The van der Waals surface area contributed by atoms with E-state index in [0.717, 1.165) is 25.1 Å². The van der Waals surface area contributed by atoms with Gasteiger partial charge in [0.2, 0.25) is 15.9 Å². The summed E-state index contributed by atoms with van der Waals surface area (Å²) in [5.74, 6) is 0.476. The molecule has 0 spiro atoms. The standard InChI is InChI=1S/C25H33N3O4S/c1-3-32-24-12-11-23(18-20(24)2)33(30,31)28-13-7-8-21(19-28)25(29)27-16-14-26(15-17-27)22-9-5-4-6-10-22/h4-6,9-12,18,21H,3,7-8,13-17,19H2,1-2H3/t21-/m0/s1. The molecular formula is C25H33N3O4S. The molecule has 2 fully saturated rings. The highest BCUT2D eigenvalue weighted by molar-refractivity contribution is 7.89. The number of piperidine rings is 1. The zero-order valence-electron chi connectivity index (χ0n) is 19.4. The van der Waals surface area contributed by atoms with E-state index < -0.39 is 10.0 Å². The Morgan fingerprint density at radius 1 is 1.03 bits per heavy atom. The van der Waals surface area contributed by atoms with E-state index >= 15 is 0 Å². The Kier molecular flexibility index (Phi) is 7.24. The zero-order valence-corrected chi connectivity index (χ0v) is 20.3. The van der Waals surface area contributed by atoms with E-state index in [1.54, 1.807) is 18.2 Å². The van der Waals surface area contributed by atoms with Gasteiger partial charge in [-0.3, -0.25) is 4.79 Å². The SMILES string of the molecule is CCOc1ccc(S(=O)(=O)N2CCC[C@H](C(=O)N3CCN(c4ccccc4)CC3)C2)cc1C. The van der Waals surface area contributed by atoms with E-state index in [4.69, 9.17) is 4.74 Å². The summed E-state index contributed by atoms with van der Waals surface area (Å²) in [4.78, 5) is 17.7. The molecule has 0 unspecified atom stereocenters. The van der Waals surface area contributed by atoms with Gasteiger partial charge in [-0.2, -0.15) is 4.31 Å². The summed E-state index contributed by atoms with van der Waals surface area (Å²) in [6.07, 6.45) is 1.42. The fraction of sp³-hybridized carbons (Fsp3) is 0.480. The van der Waals surface area contributed by atoms with Gasteiger partial charge in [0.25, 0.3) is 0 Å². The number of aryl methyl sites for hydroxylation is 1. The van der Waals surface area contributed by atoms with Crippen molar-refractivity contribution in [1.29, 1.82) is 0 Å². The van der Waals surface area contributed by atoms with Crippen molar-refractivity contribution >= 4 is 21.6 Å². The smallest absolute Gasteiger partial charge is 0.243 e. The maximum Gasteiger partial charge on any atom is 0.243 e. The average Bonchev–Trinajstić information content (AvgIpc) is 2.85. The van der Waals surface area contributed by atoms with Gasteiger partial charge in [-0.05, 0) is 62.6 Å². The molecule has 7 nitrogen and oxygen atoms in total. The highest BCUT2D eigenvalue weighted by Gasteiger charge is 2.36. The van der Waals surface area contributed by atoms with Crippen LogP contribution in [0.1, 0.15) is 25.3 Å². The van der Waals surface area contributed by atoms with Gasteiger partial charge in [0.05, 0.1) is 17.4 Å². The molecule has 178 valence electrons. The van der Waals surface area contributed by atoms with Gasteiger partial charge in [-0.1, -0.05) is 18.2 Å². The monoisotopic (exact) mass is 471 g/mol. The number of nitrogens with zero attached hydrogens (tertiary/aromatic N) is 3. The minimum Gasteiger partial charge on any atom is -0.494 e.